The van der Waals surface area contributed by atoms with Crippen molar-refractivity contribution in [2.24, 2.45) is 11.8 Å². The van der Waals surface area contributed by atoms with Crippen LogP contribution in [0.3, 0.4) is 0 Å². The molecule has 3 heteroatoms. The van der Waals surface area contributed by atoms with Crippen LogP contribution in [0.15, 0.2) is 24.3 Å². The summed E-state index contributed by atoms with van der Waals surface area (Å²) in [4.78, 5) is 2.76. The molecule has 3 atom stereocenters. The number of rotatable bonds is 5. The number of halogens is 1. The summed E-state index contributed by atoms with van der Waals surface area (Å²) in [5.74, 6) is 1.71. The monoisotopic (exact) mass is 398 g/mol. The first-order chi connectivity index (χ1) is 10.2. The highest BCUT2D eigenvalue weighted by molar-refractivity contribution is 14.1. The Balaban J connectivity index is 1.69. The zero-order chi connectivity index (χ0) is 14.8. The molecule has 1 aromatic carbocycles. The summed E-state index contributed by atoms with van der Waals surface area (Å²) >= 11 is 2.39. The van der Waals surface area contributed by atoms with Gasteiger partial charge in [-0.2, -0.15) is 0 Å². The topological polar surface area (TPSA) is 15.3 Å². The molecule has 1 aliphatic carbocycles. The van der Waals surface area contributed by atoms with Crippen LogP contribution in [0.4, 0.5) is 0 Å². The summed E-state index contributed by atoms with van der Waals surface area (Å²) < 4.78 is 1.33. The molecule has 116 valence electrons. The molecule has 1 N–H and O–H groups in total. The second kappa shape index (κ2) is 6.97. The lowest BCUT2D eigenvalue weighted by molar-refractivity contribution is 0.0891. The van der Waals surface area contributed by atoms with E-state index in [0.29, 0.717) is 6.04 Å². The van der Waals surface area contributed by atoms with Crippen LogP contribution >= 0.6 is 22.6 Å². The van der Waals surface area contributed by atoms with Crippen molar-refractivity contribution in [3.05, 3.63) is 33.4 Å². The van der Waals surface area contributed by atoms with Crippen molar-refractivity contribution < 1.29 is 0 Å². The molecule has 1 heterocycles. The van der Waals surface area contributed by atoms with Gasteiger partial charge >= 0.3 is 0 Å². The van der Waals surface area contributed by atoms with Crippen molar-refractivity contribution in [2.75, 3.05) is 13.1 Å². The summed E-state index contributed by atoms with van der Waals surface area (Å²) in [6, 6.07) is 10.5. The lowest BCUT2D eigenvalue weighted by Crippen LogP contribution is -2.58. The second-order valence-electron chi connectivity index (χ2n) is 6.86. The second-order valence-corrected chi connectivity index (χ2v) is 8.11. The standard InChI is InChI=1S/C18H27IN2/c1-3-13(2)17-12-21(18(10-20-17)15-6-7-15)11-14-4-8-16(19)9-5-14/h4-5,8-9,13,15,17-18,20H,3,6-7,10-12H2,1-2H3. The average Bonchev–Trinajstić information content (AvgIpc) is 3.33. The summed E-state index contributed by atoms with van der Waals surface area (Å²) in [6.45, 7) is 8.21. The summed E-state index contributed by atoms with van der Waals surface area (Å²) in [6.07, 6.45) is 4.14. The molecule has 0 bridgehead atoms. The molecule has 2 nitrogen and oxygen atoms in total. The molecule has 1 aliphatic heterocycles. The summed E-state index contributed by atoms with van der Waals surface area (Å²) in [5.41, 5.74) is 1.46. The van der Waals surface area contributed by atoms with E-state index >= 15 is 0 Å². The molecular weight excluding hydrogens is 371 g/mol. The minimum Gasteiger partial charge on any atom is -0.311 e. The van der Waals surface area contributed by atoms with E-state index in [1.807, 2.05) is 0 Å². The number of hydrogen-bond acceptors (Lipinski definition) is 2. The van der Waals surface area contributed by atoms with E-state index in [-0.39, 0.29) is 0 Å². The van der Waals surface area contributed by atoms with E-state index in [1.165, 1.54) is 41.5 Å². The highest BCUT2D eigenvalue weighted by atomic mass is 127. The minimum atomic E-state index is 0.661. The average molecular weight is 398 g/mol. The Hall–Kier alpha value is -0.130. The largest absolute Gasteiger partial charge is 0.311 e. The van der Waals surface area contributed by atoms with Crippen molar-refractivity contribution in [1.82, 2.24) is 10.2 Å². The fourth-order valence-electron chi connectivity index (χ4n) is 3.47. The molecule has 3 unspecified atom stereocenters. The Morgan fingerprint density at radius 3 is 2.62 bits per heavy atom. The maximum absolute atomic E-state index is 3.82. The molecule has 21 heavy (non-hydrogen) atoms. The molecule has 0 radical (unpaired) electrons. The van der Waals surface area contributed by atoms with Gasteiger partial charge < -0.3 is 5.32 Å². The van der Waals surface area contributed by atoms with Crippen molar-refractivity contribution in [1.29, 1.82) is 0 Å². The van der Waals surface area contributed by atoms with Crippen molar-refractivity contribution in [3.63, 3.8) is 0 Å². The number of nitrogens with one attached hydrogen (secondary N) is 1. The fraction of sp³-hybridized carbons (Fsp3) is 0.667. The molecule has 2 aliphatic rings. The van der Waals surface area contributed by atoms with Gasteiger partial charge in [0.25, 0.3) is 0 Å². The van der Waals surface area contributed by atoms with E-state index in [0.717, 1.165) is 24.4 Å². The third kappa shape index (κ3) is 3.99. The van der Waals surface area contributed by atoms with E-state index in [9.17, 15) is 0 Å². The Morgan fingerprint density at radius 2 is 2.00 bits per heavy atom. The number of piperazine rings is 1. The highest BCUT2D eigenvalue weighted by Gasteiger charge is 2.39. The third-order valence-corrected chi connectivity index (χ3v) is 6.00. The Morgan fingerprint density at radius 1 is 1.29 bits per heavy atom. The predicted octanol–water partition coefficient (Wildman–Crippen LogP) is 3.89. The highest BCUT2D eigenvalue weighted by Crippen LogP contribution is 2.37. The van der Waals surface area contributed by atoms with Crippen LogP contribution in [-0.4, -0.2) is 30.1 Å². The van der Waals surface area contributed by atoms with Gasteiger partial charge in [-0.3, -0.25) is 4.90 Å². The van der Waals surface area contributed by atoms with Gasteiger partial charge in [-0.1, -0.05) is 32.4 Å². The number of hydrogen-bond donors (Lipinski definition) is 1. The lowest BCUT2D eigenvalue weighted by Gasteiger charge is -2.42. The first kappa shape index (κ1) is 15.8. The smallest absolute Gasteiger partial charge is 0.0253 e. The molecule has 1 saturated carbocycles. The molecule has 0 amide bonds. The minimum absolute atomic E-state index is 0.661. The quantitative estimate of drug-likeness (QED) is 0.758. The van der Waals surface area contributed by atoms with Gasteiger partial charge in [0.15, 0.2) is 0 Å². The van der Waals surface area contributed by atoms with Crippen molar-refractivity contribution >= 4 is 22.6 Å². The normalized spacial score (nSPS) is 28.5. The Labute approximate surface area is 142 Å². The fourth-order valence-corrected chi connectivity index (χ4v) is 3.83. The van der Waals surface area contributed by atoms with Crippen LogP contribution < -0.4 is 5.32 Å². The van der Waals surface area contributed by atoms with Crippen molar-refractivity contribution in [3.8, 4) is 0 Å². The predicted molar refractivity (Wildman–Crippen MR) is 97.3 cm³/mol. The summed E-state index contributed by atoms with van der Waals surface area (Å²) in [7, 11) is 0. The molecule has 1 saturated heterocycles. The Bertz CT molecular complexity index is 455. The SMILES string of the molecule is CCC(C)C1CN(Cc2ccc(I)cc2)C(C2CC2)CN1. The number of benzene rings is 1. The third-order valence-electron chi connectivity index (χ3n) is 5.29. The van der Waals surface area contributed by atoms with Crippen LogP contribution in [0, 0.1) is 15.4 Å². The van der Waals surface area contributed by atoms with Crippen molar-refractivity contribution in [2.45, 2.75) is 51.7 Å². The van der Waals surface area contributed by atoms with Gasteiger partial charge in [0, 0.05) is 35.3 Å². The maximum atomic E-state index is 3.82. The molecule has 0 aromatic heterocycles. The van der Waals surface area contributed by atoms with E-state index in [2.05, 4.69) is 70.9 Å². The van der Waals surface area contributed by atoms with E-state index in [1.54, 1.807) is 0 Å². The van der Waals surface area contributed by atoms with Gasteiger partial charge in [-0.25, -0.2) is 0 Å². The molecule has 0 spiro atoms. The van der Waals surface area contributed by atoms with Gasteiger partial charge in [0.1, 0.15) is 0 Å². The van der Waals surface area contributed by atoms with Gasteiger partial charge in [0.2, 0.25) is 0 Å². The first-order valence-corrected chi connectivity index (χ1v) is 9.47. The molecule has 3 rings (SSSR count). The van der Waals surface area contributed by atoms with Crippen LogP contribution in [0.5, 0.6) is 0 Å². The molecule has 2 fully saturated rings. The van der Waals surface area contributed by atoms with Crippen LogP contribution in [0.25, 0.3) is 0 Å². The van der Waals surface area contributed by atoms with E-state index < -0.39 is 0 Å². The molecule has 1 aromatic rings. The van der Waals surface area contributed by atoms with Gasteiger partial charge in [-0.05, 0) is 65.0 Å². The summed E-state index contributed by atoms with van der Waals surface area (Å²) in [5, 5.41) is 3.82. The Kier molecular flexibility index (Phi) is 5.23. The lowest BCUT2D eigenvalue weighted by atomic mass is 9.94. The van der Waals surface area contributed by atoms with Crippen LogP contribution in [0.2, 0.25) is 0 Å². The van der Waals surface area contributed by atoms with E-state index in [4.69, 9.17) is 0 Å². The zero-order valence-corrected chi connectivity index (χ0v) is 15.3. The first-order valence-electron chi connectivity index (χ1n) is 8.39. The van der Waals surface area contributed by atoms with Crippen LogP contribution in [0.1, 0.15) is 38.7 Å². The van der Waals surface area contributed by atoms with Gasteiger partial charge in [-0.15, -0.1) is 0 Å². The zero-order valence-electron chi connectivity index (χ0n) is 13.2. The molecular formula is C18H27IN2. The maximum Gasteiger partial charge on any atom is 0.0253 e. The number of nitrogens with zero attached hydrogens (tertiary/aromatic N) is 1. The van der Waals surface area contributed by atoms with Crippen LogP contribution in [-0.2, 0) is 6.54 Å². The van der Waals surface area contributed by atoms with Gasteiger partial charge in [0.05, 0.1) is 0 Å².